The van der Waals surface area contributed by atoms with Crippen LogP contribution < -0.4 is 4.90 Å². The SMILES string of the molecule is c1ccc(-c2ccc(N(c3ccc4c5ccccc5n(-c5ccc(-c6ccccc6)cc5)c4c3)c3cccc4c3oc3cc5c(cc34)-c3ccccc3C5(c3ccccc3)c3ccccc3)cc2)cc1. The normalized spacial score (nSPS) is 12.7. The van der Waals surface area contributed by atoms with Crippen LogP contribution in [-0.4, -0.2) is 4.57 Å². The predicted molar refractivity (Wildman–Crippen MR) is 291 cm³/mol. The zero-order valence-electron chi connectivity index (χ0n) is 38.2. The average molecular weight is 893 g/mol. The van der Waals surface area contributed by atoms with Gasteiger partial charge in [0, 0.05) is 38.6 Å². The molecule has 0 unspecified atom stereocenters. The third-order valence-electron chi connectivity index (χ3n) is 14.7. The van der Waals surface area contributed by atoms with E-state index < -0.39 is 5.41 Å². The topological polar surface area (TPSA) is 21.3 Å². The zero-order chi connectivity index (χ0) is 46.2. The largest absolute Gasteiger partial charge is 0.454 e. The summed E-state index contributed by atoms with van der Waals surface area (Å²) < 4.78 is 9.73. The second-order valence-corrected chi connectivity index (χ2v) is 18.4. The van der Waals surface area contributed by atoms with E-state index in [9.17, 15) is 0 Å². The molecule has 1 aliphatic carbocycles. The lowest BCUT2D eigenvalue weighted by molar-refractivity contribution is 0.666. The Balaban J connectivity index is 0.992. The molecule has 328 valence electrons. The molecule has 1 aliphatic rings. The van der Waals surface area contributed by atoms with E-state index in [-0.39, 0.29) is 0 Å². The molecule has 14 rings (SSSR count). The van der Waals surface area contributed by atoms with Crippen LogP contribution in [0.4, 0.5) is 17.1 Å². The number of furan rings is 1. The Kier molecular flexibility index (Phi) is 9.11. The van der Waals surface area contributed by atoms with E-state index in [0.29, 0.717) is 0 Å². The Hall–Kier alpha value is -9.18. The van der Waals surface area contributed by atoms with Gasteiger partial charge in [0.2, 0.25) is 0 Å². The Morgan fingerprint density at radius 2 is 0.886 bits per heavy atom. The molecule has 2 heterocycles. The lowest BCUT2D eigenvalue weighted by Gasteiger charge is -2.33. The van der Waals surface area contributed by atoms with Crippen molar-refractivity contribution in [3.05, 3.63) is 289 Å². The molecule has 0 saturated carbocycles. The minimum Gasteiger partial charge on any atom is -0.454 e. The first kappa shape index (κ1) is 39.9. The summed E-state index contributed by atoms with van der Waals surface area (Å²) in [6, 6.07) is 97.0. The van der Waals surface area contributed by atoms with E-state index in [1.807, 2.05) is 0 Å². The highest BCUT2D eigenvalue weighted by Crippen LogP contribution is 2.58. The zero-order valence-corrected chi connectivity index (χ0v) is 38.2. The van der Waals surface area contributed by atoms with E-state index in [2.05, 4.69) is 276 Å². The molecule has 13 aromatic rings. The quantitative estimate of drug-likeness (QED) is 0.152. The summed E-state index contributed by atoms with van der Waals surface area (Å²) in [7, 11) is 0. The molecule has 3 nitrogen and oxygen atoms in total. The standard InChI is InChI=1S/C67H44N2O/c1-5-18-45(19-6-1)47-32-36-51(37-33-47)68(53-40-41-56-55-27-14-16-30-62(55)69(64(56)42-53)52-38-34-48(35-39-52)46-20-7-2-8-21-46)63-31-17-28-57-59-43-58-54-26-13-15-29-60(54)67(49-22-9-3-10-23-49,50-24-11-4-12-25-50)61(58)44-65(59)70-66(57)63/h1-44H. The molecule has 11 aromatic carbocycles. The summed E-state index contributed by atoms with van der Waals surface area (Å²) in [5.74, 6) is 0. The second-order valence-electron chi connectivity index (χ2n) is 18.4. The van der Waals surface area contributed by atoms with Gasteiger partial charge in [-0.1, -0.05) is 206 Å². The maximum Gasteiger partial charge on any atom is 0.159 e. The van der Waals surface area contributed by atoms with Crippen molar-refractivity contribution in [2.75, 3.05) is 4.90 Å². The third kappa shape index (κ3) is 6.08. The number of rotatable bonds is 8. The lowest BCUT2D eigenvalue weighted by Crippen LogP contribution is -2.28. The molecule has 0 aliphatic heterocycles. The van der Waals surface area contributed by atoms with Gasteiger partial charge in [-0.05, 0) is 116 Å². The monoisotopic (exact) mass is 892 g/mol. The molecule has 3 heteroatoms. The van der Waals surface area contributed by atoms with E-state index in [1.165, 1.54) is 60.8 Å². The summed E-state index contributed by atoms with van der Waals surface area (Å²) in [6.45, 7) is 0. The van der Waals surface area contributed by atoms with Gasteiger partial charge < -0.3 is 13.9 Å². The number of benzene rings is 11. The van der Waals surface area contributed by atoms with E-state index in [4.69, 9.17) is 4.42 Å². The Morgan fingerprint density at radius 1 is 0.343 bits per heavy atom. The molecule has 0 amide bonds. The van der Waals surface area contributed by atoms with Gasteiger partial charge in [0.15, 0.2) is 5.58 Å². The molecule has 0 spiro atoms. The van der Waals surface area contributed by atoms with E-state index in [0.717, 1.165) is 61.3 Å². The Morgan fingerprint density at radius 3 is 1.57 bits per heavy atom. The summed E-state index contributed by atoms with van der Waals surface area (Å²) in [4.78, 5) is 2.38. The number of hydrogen-bond donors (Lipinski definition) is 0. The van der Waals surface area contributed by atoms with Crippen molar-refractivity contribution < 1.29 is 4.42 Å². The van der Waals surface area contributed by atoms with Crippen molar-refractivity contribution in [3.63, 3.8) is 0 Å². The Bertz CT molecular complexity index is 4040. The summed E-state index contributed by atoms with van der Waals surface area (Å²) in [6.07, 6.45) is 0. The Labute approximate surface area is 406 Å². The van der Waals surface area contributed by atoms with Crippen LogP contribution in [-0.2, 0) is 5.41 Å². The van der Waals surface area contributed by atoms with Crippen molar-refractivity contribution in [1.82, 2.24) is 4.57 Å². The molecule has 0 fully saturated rings. The maximum atomic E-state index is 7.32. The van der Waals surface area contributed by atoms with Gasteiger partial charge >= 0.3 is 0 Å². The first-order chi connectivity index (χ1) is 34.7. The predicted octanol–water partition coefficient (Wildman–Crippen LogP) is 17.8. The molecular weight excluding hydrogens is 849 g/mol. The lowest BCUT2D eigenvalue weighted by atomic mass is 9.67. The summed E-state index contributed by atoms with van der Waals surface area (Å²) >= 11 is 0. The third-order valence-corrected chi connectivity index (χ3v) is 14.7. The molecule has 0 N–H and O–H groups in total. The van der Waals surface area contributed by atoms with Crippen LogP contribution in [0.3, 0.4) is 0 Å². The van der Waals surface area contributed by atoms with Crippen LogP contribution in [0.5, 0.6) is 0 Å². The van der Waals surface area contributed by atoms with Gasteiger partial charge in [-0.25, -0.2) is 0 Å². The van der Waals surface area contributed by atoms with Crippen LogP contribution in [0.15, 0.2) is 271 Å². The van der Waals surface area contributed by atoms with Gasteiger partial charge in [-0.2, -0.15) is 0 Å². The van der Waals surface area contributed by atoms with Gasteiger partial charge in [0.05, 0.1) is 22.1 Å². The first-order valence-corrected chi connectivity index (χ1v) is 24.1. The van der Waals surface area contributed by atoms with Crippen molar-refractivity contribution >= 4 is 60.8 Å². The number of para-hydroxylation sites is 2. The van der Waals surface area contributed by atoms with Crippen LogP contribution in [0.1, 0.15) is 22.3 Å². The van der Waals surface area contributed by atoms with Gasteiger partial charge in [-0.3, -0.25) is 0 Å². The molecule has 0 saturated heterocycles. The van der Waals surface area contributed by atoms with Crippen molar-refractivity contribution in [1.29, 1.82) is 0 Å². The van der Waals surface area contributed by atoms with E-state index in [1.54, 1.807) is 0 Å². The molecule has 0 bridgehead atoms. The van der Waals surface area contributed by atoms with Gasteiger partial charge in [-0.15, -0.1) is 0 Å². The molecular formula is C67H44N2O. The highest BCUT2D eigenvalue weighted by Gasteiger charge is 2.46. The number of fused-ring (bicyclic) bond motifs is 9. The number of aromatic nitrogens is 1. The first-order valence-electron chi connectivity index (χ1n) is 24.1. The molecule has 70 heavy (non-hydrogen) atoms. The number of nitrogens with zero attached hydrogens (tertiary/aromatic N) is 2. The average Bonchev–Trinajstić information content (AvgIpc) is 4.07. The minimum atomic E-state index is -0.535. The second kappa shape index (κ2) is 16.0. The molecule has 0 atom stereocenters. The fourth-order valence-electron chi connectivity index (χ4n) is 11.6. The van der Waals surface area contributed by atoms with Crippen LogP contribution in [0, 0.1) is 0 Å². The summed E-state index contributed by atoms with van der Waals surface area (Å²) in [5, 5.41) is 4.58. The van der Waals surface area contributed by atoms with Crippen molar-refractivity contribution in [3.8, 4) is 39.1 Å². The number of hydrogen-bond acceptors (Lipinski definition) is 2. The van der Waals surface area contributed by atoms with Crippen LogP contribution in [0.2, 0.25) is 0 Å². The van der Waals surface area contributed by atoms with Gasteiger partial charge in [0.1, 0.15) is 5.58 Å². The number of anilines is 3. The summed E-state index contributed by atoms with van der Waals surface area (Å²) in [5.41, 5.74) is 19.8. The van der Waals surface area contributed by atoms with E-state index >= 15 is 0 Å². The fourth-order valence-corrected chi connectivity index (χ4v) is 11.6. The fraction of sp³-hybridized carbons (Fsp3) is 0.0149. The van der Waals surface area contributed by atoms with Crippen LogP contribution >= 0.6 is 0 Å². The van der Waals surface area contributed by atoms with Gasteiger partial charge in [0.25, 0.3) is 0 Å². The van der Waals surface area contributed by atoms with Crippen LogP contribution in [0.25, 0.3) is 82.8 Å². The molecule has 0 radical (unpaired) electrons. The highest BCUT2D eigenvalue weighted by atomic mass is 16.3. The molecule has 2 aromatic heterocycles. The van der Waals surface area contributed by atoms with Crippen molar-refractivity contribution in [2.45, 2.75) is 5.41 Å². The maximum absolute atomic E-state index is 7.32. The minimum absolute atomic E-state index is 0.535. The van der Waals surface area contributed by atoms with Crippen molar-refractivity contribution in [2.24, 2.45) is 0 Å². The highest BCUT2D eigenvalue weighted by molar-refractivity contribution is 6.14. The smallest absolute Gasteiger partial charge is 0.159 e.